The van der Waals surface area contributed by atoms with E-state index in [-0.39, 0.29) is 5.41 Å². The number of rotatable bonds is 0. The van der Waals surface area contributed by atoms with Gasteiger partial charge in [0.2, 0.25) is 0 Å². The Balaban J connectivity index is 2.61. The molecule has 1 aliphatic rings. The lowest BCUT2D eigenvalue weighted by Crippen LogP contribution is -2.20. The van der Waals surface area contributed by atoms with E-state index in [9.17, 15) is 0 Å². The second-order valence-corrected chi connectivity index (χ2v) is 4.46. The number of fused-ring (bicyclic) bond motifs is 1. The van der Waals surface area contributed by atoms with Gasteiger partial charge in [-0.15, -0.1) is 0 Å². The zero-order valence-electron chi connectivity index (χ0n) is 8.54. The minimum absolute atomic E-state index is 0.211. The summed E-state index contributed by atoms with van der Waals surface area (Å²) >= 11 is 0. The first kappa shape index (κ1) is 8.55. The van der Waals surface area contributed by atoms with Crippen molar-refractivity contribution in [1.29, 1.82) is 0 Å². The number of hydrogen-bond donors (Lipinski definition) is 0. The molecule has 1 aliphatic carbocycles. The summed E-state index contributed by atoms with van der Waals surface area (Å²) in [5, 5.41) is 0. The van der Waals surface area contributed by atoms with Crippen molar-refractivity contribution in [3.63, 3.8) is 0 Å². The summed E-state index contributed by atoms with van der Waals surface area (Å²) in [7, 11) is 0. The van der Waals surface area contributed by atoms with Gasteiger partial charge in [0.05, 0.1) is 0 Å². The van der Waals surface area contributed by atoms with Crippen LogP contribution in [0, 0.1) is 0 Å². The van der Waals surface area contributed by atoms with Gasteiger partial charge in [0.15, 0.2) is 0 Å². The van der Waals surface area contributed by atoms with Crippen molar-refractivity contribution in [3.05, 3.63) is 47.5 Å². The van der Waals surface area contributed by atoms with E-state index in [0.717, 1.165) is 0 Å². The van der Waals surface area contributed by atoms with E-state index in [2.05, 4.69) is 57.2 Å². The Kier molecular flexibility index (Phi) is 1.80. The zero-order chi connectivity index (χ0) is 9.47. The van der Waals surface area contributed by atoms with Crippen LogP contribution in [0.25, 0.3) is 0 Å². The maximum Gasteiger partial charge on any atom is 0.00784 e. The van der Waals surface area contributed by atoms with Crippen LogP contribution in [0.4, 0.5) is 0 Å². The highest BCUT2D eigenvalue weighted by Crippen LogP contribution is 2.36. The van der Waals surface area contributed by atoms with Crippen LogP contribution in [0.2, 0.25) is 0 Å². The third-order valence-electron chi connectivity index (χ3n) is 2.95. The molecule has 2 rings (SSSR count). The predicted octanol–water partition coefficient (Wildman–Crippen LogP) is 3.64. The van der Waals surface area contributed by atoms with E-state index in [1.165, 1.54) is 11.1 Å². The van der Waals surface area contributed by atoms with Gasteiger partial charge < -0.3 is 0 Å². The standard InChI is InChI=1S/C13H16/c1-10-8-9-13(2,3)12-7-5-4-6-11(10)12/h4-10H,1-3H3. The van der Waals surface area contributed by atoms with Crippen LogP contribution in [-0.4, -0.2) is 0 Å². The van der Waals surface area contributed by atoms with E-state index in [0.29, 0.717) is 5.92 Å². The minimum Gasteiger partial charge on any atom is -0.0804 e. The Labute approximate surface area is 80.3 Å². The molecule has 1 atom stereocenters. The highest BCUT2D eigenvalue weighted by atomic mass is 14.3. The van der Waals surface area contributed by atoms with Crippen molar-refractivity contribution in [3.8, 4) is 0 Å². The van der Waals surface area contributed by atoms with Crippen LogP contribution in [0.15, 0.2) is 36.4 Å². The molecule has 0 amide bonds. The van der Waals surface area contributed by atoms with E-state index < -0.39 is 0 Å². The predicted molar refractivity (Wildman–Crippen MR) is 57.0 cm³/mol. The summed E-state index contributed by atoms with van der Waals surface area (Å²) in [5.41, 5.74) is 3.17. The van der Waals surface area contributed by atoms with Crippen LogP contribution in [0.5, 0.6) is 0 Å². The van der Waals surface area contributed by atoms with Crippen molar-refractivity contribution in [2.24, 2.45) is 0 Å². The zero-order valence-corrected chi connectivity index (χ0v) is 8.54. The Hall–Kier alpha value is -1.04. The quantitative estimate of drug-likeness (QED) is 0.524. The Morgan fingerprint density at radius 2 is 1.85 bits per heavy atom. The van der Waals surface area contributed by atoms with Gasteiger partial charge in [-0.05, 0) is 17.0 Å². The molecule has 1 aromatic carbocycles. The molecular formula is C13H16. The highest BCUT2D eigenvalue weighted by molar-refractivity contribution is 5.43. The first-order valence-electron chi connectivity index (χ1n) is 4.90. The van der Waals surface area contributed by atoms with E-state index >= 15 is 0 Å². The molecule has 68 valence electrons. The van der Waals surface area contributed by atoms with Crippen LogP contribution in [-0.2, 0) is 5.41 Å². The van der Waals surface area contributed by atoms with Crippen LogP contribution < -0.4 is 0 Å². The van der Waals surface area contributed by atoms with Crippen molar-refractivity contribution in [2.45, 2.75) is 32.1 Å². The molecule has 0 aromatic heterocycles. The number of hydrogen-bond acceptors (Lipinski definition) is 0. The van der Waals surface area contributed by atoms with E-state index in [1.54, 1.807) is 0 Å². The second kappa shape index (κ2) is 2.73. The summed E-state index contributed by atoms with van der Waals surface area (Å²) in [6.45, 7) is 6.80. The van der Waals surface area contributed by atoms with Gasteiger partial charge in [-0.1, -0.05) is 57.2 Å². The fraction of sp³-hybridized carbons (Fsp3) is 0.385. The van der Waals surface area contributed by atoms with Gasteiger partial charge in [0, 0.05) is 5.41 Å². The molecule has 0 N–H and O–H groups in total. The maximum absolute atomic E-state index is 2.32. The largest absolute Gasteiger partial charge is 0.0804 e. The molecule has 0 heterocycles. The molecule has 0 bridgehead atoms. The van der Waals surface area contributed by atoms with Gasteiger partial charge in [0.25, 0.3) is 0 Å². The molecule has 0 fully saturated rings. The number of benzene rings is 1. The van der Waals surface area contributed by atoms with Crippen molar-refractivity contribution in [1.82, 2.24) is 0 Å². The molecule has 0 saturated heterocycles. The number of allylic oxidation sites excluding steroid dienone is 2. The molecule has 0 aliphatic heterocycles. The Morgan fingerprint density at radius 3 is 2.54 bits per heavy atom. The first-order valence-corrected chi connectivity index (χ1v) is 4.90. The fourth-order valence-electron chi connectivity index (χ4n) is 2.06. The third-order valence-corrected chi connectivity index (χ3v) is 2.95. The maximum atomic E-state index is 2.32. The SMILES string of the molecule is CC1C=CC(C)(C)c2ccccc21. The van der Waals surface area contributed by atoms with Crippen molar-refractivity contribution >= 4 is 0 Å². The van der Waals surface area contributed by atoms with Gasteiger partial charge >= 0.3 is 0 Å². The average Bonchev–Trinajstić information content (AvgIpc) is 2.13. The third kappa shape index (κ3) is 1.31. The molecule has 1 aromatic rings. The van der Waals surface area contributed by atoms with E-state index in [4.69, 9.17) is 0 Å². The molecule has 13 heavy (non-hydrogen) atoms. The van der Waals surface area contributed by atoms with Crippen molar-refractivity contribution in [2.75, 3.05) is 0 Å². The summed E-state index contributed by atoms with van der Waals surface area (Å²) < 4.78 is 0. The minimum atomic E-state index is 0.211. The average molecular weight is 172 g/mol. The van der Waals surface area contributed by atoms with Crippen molar-refractivity contribution < 1.29 is 0 Å². The van der Waals surface area contributed by atoms with Crippen LogP contribution >= 0.6 is 0 Å². The van der Waals surface area contributed by atoms with E-state index in [1.807, 2.05) is 0 Å². The first-order chi connectivity index (χ1) is 6.11. The monoisotopic (exact) mass is 172 g/mol. The Bertz CT molecular complexity index is 345. The lowest BCUT2D eigenvalue weighted by atomic mass is 9.74. The summed E-state index contributed by atoms with van der Waals surface area (Å²) in [6, 6.07) is 8.75. The highest BCUT2D eigenvalue weighted by Gasteiger charge is 2.25. The fourth-order valence-corrected chi connectivity index (χ4v) is 2.06. The lowest BCUT2D eigenvalue weighted by molar-refractivity contribution is 0.632. The molecule has 0 spiro atoms. The summed E-state index contributed by atoms with van der Waals surface area (Å²) in [6.07, 6.45) is 4.63. The van der Waals surface area contributed by atoms with Gasteiger partial charge in [-0.25, -0.2) is 0 Å². The molecular weight excluding hydrogens is 156 g/mol. The normalized spacial score (nSPS) is 24.1. The molecule has 0 nitrogen and oxygen atoms in total. The molecule has 1 unspecified atom stereocenters. The van der Waals surface area contributed by atoms with Gasteiger partial charge in [-0.3, -0.25) is 0 Å². The summed E-state index contributed by atoms with van der Waals surface area (Å²) in [4.78, 5) is 0. The van der Waals surface area contributed by atoms with Crippen LogP contribution in [0.1, 0.15) is 37.8 Å². The molecule has 0 saturated carbocycles. The Morgan fingerprint density at radius 1 is 1.15 bits per heavy atom. The lowest BCUT2D eigenvalue weighted by Gasteiger charge is -2.30. The van der Waals surface area contributed by atoms with Crippen LogP contribution in [0.3, 0.4) is 0 Å². The smallest absolute Gasteiger partial charge is 0.00784 e. The second-order valence-electron chi connectivity index (χ2n) is 4.46. The summed E-state index contributed by atoms with van der Waals surface area (Å²) in [5.74, 6) is 0.573. The van der Waals surface area contributed by atoms with Gasteiger partial charge in [0.1, 0.15) is 0 Å². The topological polar surface area (TPSA) is 0 Å². The van der Waals surface area contributed by atoms with Gasteiger partial charge in [-0.2, -0.15) is 0 Å². The molecule has 0 radical (unpaired) electrons. The molecule has 0 heteroatoms.